The number of pyridine rings is 1. The van der Waals surface area contributed by atoms with Gasteiger partial charge in [-0.05, 0) is 38.8 Å². The van der Waals surface area contributed by atoms with Gasteiger partial charge in [0.25, 0.3) is 0 Å². The summed E-state index contributed by atoms with van der Waals surface area (Å²) in [6.45, 7) is 4.92. The van der Waals surface area contributed by atoms with E-state index in [1.165, 1.54) is 0 Å². The second kappa shape index (κ2) is 6.21. The van der Waals surface area contributed by atoms with Crippen molar-refractivity contribution in [3.8, 4) is 11.8 Å². The van der Waals surface area contributed by atoms with Gasteiger partial charge in [0.05, 0.1) is 30.0 Å². The zero-order chi connectivity index (χ0) is 12.7. The van der Waals surface area contributed by atoms with E-state index in [1.54, 1.807) is 6.20 Å². The summed E-state index contributed by atoms with van der Waals surface area (Å²) < 4.78 is 5.53. The van der Waals surface area contributed by atoms with Crippen molar-refractivity contribution in [3.63, 3.8) is 0 Å². The van der Waals surface area contributed by atoms with Crippen molar-refractivity contribution in [2.75, 3.05) is 6.61 Å². The summed E-state index contributed by atoms with van der Waals surface area (Å²) in [5.41, 5.74) is 6.03. The summed E-state index contributed by atoms with van der Waals surface area (Å²) in [7, 11) is 0. The highest BCUT2D eigenvalue weighted by Gasteiger charge is 2.15. The Hall–Kier alpha value is -1.60. The van der Waals surface area contributed by atoms with E-state index in [1.807, 2.05) is 26.0 Å². The second-order valence-corrected chi connectivity index (χ2v) is 4.64. The molecule has 92 valence electrons. The van der Waals surface area contributed by atoms with Crippen molar-refractivity contribution >= 4 is 0 Å². The zero-order valence-corrected chi connectivity index (χ0v) is 10.4. The van der Waals surface area contributed by atoms with Gasteiger partial charge in [-0.25, -0.2) is 0 Å². The molecule has 0 saturated heterocycles. The Labute approximate surface area is 102 Å². The molecule has 0 amide bonds. The number of aromatic nitrogens is 1. The van der Waals surface area contributed by atoms with Crippen LogP contribution in [0.1, 0.15) is 32.4 Å². The standard InChI is InChI=1S/C13H19N3O/c1-13(2,10-15)6-3-7-17-12-5-4-11(8-14)16-9-12/h4-5,9H,3,6-8,14H2,1-2H3. The number of nitrogens with zero attached hydrogens (tertiary/aromatic N) is 2. The predicted octanol–water partition coefficient (Wildman–Crippen LogP) is 2.25. The highest BCUT2D eigenvalue weighted by Crippen LogP contribution is 2.20. The first kappa shape index (κ1) is 13.5. The van der Waals surface area contributed by atoms with Crippen LogP contribution in [-0.2, 0) is 6.54 Å². The van der Waals surface area contributed by atoms with Crippen LogP contribution in [0.3, 0.4) is 0 Å². The van der Waals surface area contributed by atoms with Crippen molar-refractivity contribution in [1.82, 2.24) is 4.98 Å². The molecule has 17 heavy (non-hydrogen) atoms. The molecule has 0 saturated carbocycles. The second-order valence-electron chi connectivity index (χ2n) is 4.64. The van der Waals surface area contributed by atoms with Gasteiger partial charge in [-0.2, -0.15) is 5.26 Å². The Balaban J connectivity index is 2.29. The first-order valence-corrected chi connectivity index (χ1v) is 5.76. The lowest BCUT2D eigenvalue weighted by Gasteiger charge is -2.14. The normalized spacial score (nSPS) is 10.9. The van der Waals surface area contributed by atoms with Crippen LogP contribution in [-0.4, -0.2) is 11.6 Å². The van der Waals surface area contributed by atoms with E-state index in [0.717, 1.165) is 24.3 Å². The van der Waals surface area contributed by atoms with E-state index in [2.05, 4.69) is 11.1 Å². The summed E-state index contributed by atoms with van der Waals surface area (Å²) in [6.07, 6.45) is 3.37. The molecule has 0 unspecified atom stereocenters. The van der Waals surface area contributed by atoms with E-state index in [0.29, 0.717) is 13.2 Å². The lowest BCUT2D eigenvalue weighted by Crippen LogP contribution is -2.10. The largest absolute Gasteiger partial charge is 0.492 e. The van der Waals surface area contributed by atoms with E-state index >= 15 is 0 Å². The number of hydrogen-bond acceptors (Lipinski definition) is 4. The maximum absolute atomic E-state index is 8.86. The minimum atomic E-state index is -0.273. The molecule has 2 N–H and O–H groups in total. The molecule has 0 atom stereocenters. The maximum Gasteiger partial charge on any atom is 0.137 e. The fraction of sp³-hybridized carbons (Fsp3) is 0.538. The summed E-state index contributed by atoms with van der Waals surface area (Å²) in [6, 6.07) is 5.99. The Morgan fingerprint density at radius 3 is 2.76 bits per heavy atom. The lowest BCUT2D eigenvalue weighted by atomic mass is 9.90. The van der Waals surface area contributed by atoms with Gasteiger partial charge in [0.15, 0.2) is 0 Å². The van der Waals surface area contributed by atoms with Crippen LogP contribution >= 0.6 is 0 Å². The average Bonchev–Trinajstić information content (AvgIpc) is 2.35. The number of nitriles is 1. The van der Waals surface area contributed by atoms with Crippen molar-refractivity contribution in [2.45, 2.75) is 33.2 Å². The minimum Gasteiger partial charge on any atom is -0.492 e. The molecule has 0 aromatic carbocycles. The molecule has 0 aliphatic rings. The molecular formula is C13H19N3O. The molecule has 1 aromatic rings. The average molecular weight is 233 g/mol. The third-order valence-electron chi connectivity index (χ3n) is 2.52. The predicted molar refractivity (Wildman–Crippen MR) is 66.3 cm³/mol. The molecule has 0 aliphatic carbocycles. The molecule has 1 rings (SSSR count). The van der Waals surface area contributed by atoms with Gasteiger partial charge in [-0.1, -0.05) is 0 Å². The number of nitrogens with two attached hydrogens (primary N) is 1. The summed E-state index contributed by atoms with van der Waals surface area (Å²) in [5.74, 6) is 0.747. The third-order valence-corrected chi connectivity index (χ3v) is 2.52. The first-order valence-electron chi connectivity index (χ1n) is 5.76. The molecule has 0 radical (unpaired) electrons. The van der Waals surface area contributed by atoms with Gasteiger partial charge < -0.3 is 10.5 Å². The lowest BCUT2D eigenvalue weighted by molar-refractivity contribution is 0.283. The molecule has 1 aromatic heterocycles. The maximum atomic E-state index is 8.86. The van der Waals surface area contributed by atoms with Gasteiger partial charge in [0.1, 0.15) is 5.75 Å². The van der Waals surface area contributed by atoms with E-state index < -0.39 is 0 Å². The van der Waals surface area contributed by atoms with Crippen molar-refractivity contribution in [1.29, 1.82) is 5.26 Å². The van der Waals surface area contributed by atoms with Crippen LogP contribution in [0.25, 0.3) is 0 Å². The van der Waals surface area contributed by atoms with Gasteiger partial charge >= 0.3 is 0 Å². The monoisotopic (exact) mass is 233 g/mol. The van der Waals surface area contributed by atoms with E-state index in [-0.39, 0.29) is 5.41 Å². The number of ether oxygens (including phenoxy) is 1. The van der Waals surface area contributed by atoms with E-state index in [4.69, 9.17) is 15.7 Å². The first-order chi connectivity index (χ1) is 8.07. The fourth-order valence-electron chi connectivity index (χ4n) is 1.38. The molecule has 0 bridgehead atoms. The van der Waals surface area contributed by atoms with Crippen LogP contribution in [0.2, 0.25) is 0 Å². The highest BCUT2D eigenvalue weighted by atomic mass is 16.5. The van der Waals surface area contributed by atoms with Crippen LogP contribution < -0.4 is 10.5 Å². The smallest absolute Gasteiger partial charge is 0.137 e. The van der Waals surface area contributed by atoms with Gasteiger partial charge in [0, 0.05) is 6.54 Å². The van der Waals surface area contributed by atoms with Crippen molar-refractivity contribution in [2.24, 2.45) is 11.1 Å². The van der Waals surface area contributed by atoms with Crippen LogP contribution in [0.5, 0.6) is 5.75 Å². The highest BCUT2D eigenvalue weighted by molar-refractivity contribution is 5.19. The van der Waals surface area contributed by atoms with Crippen molar-refractivity contribution in [3.05, 3.63) is 24.0 Å². The molecular weight excluding hydrogens is 214 g/mol. The van der Waals surface area contributed by atoms with Crippen molar-refractivity contribution < 1.29 is 4.74 Å². The Morgan fingerprint density at radius 1 is 1.47 bits per heavy atom. The molecule has 4 nitrogen and oxygen atoms in total. The Morgan fingerprint density at radius 2 is 2.24 bits per heavy atom. The van der Waals surface area contributed by atoms with E-state index in [9.17, 15) is 0 Å². The Bertz CT molecular complexity index is 379. The number of hydrogen-bond donors (Lipinski definition) is 1. The van der Waals surface area contributed by atoms with Crippen LogP contribution in [0.15, 0.2) is 18.3 Å². The summed E-state index contributed by atoms with van der Waals surface area (Å²) >= 11 is 0. The van der Waals surface area contributed by atoms with Crippen LogP contribution in [0, 0.1) is 16.7 Å². The van der Waals surface area contributed by atoms with Gasteiger partial charge in [-0.3, -0.25) is 4.98 Å². The molecule has 0 fully saturated rings. The Kier molecular flexibility index (Phi) is 4.92. The molecule has 0 spiro atoms. The van der Waals surface area contributed by atoms with Gasteiger partial charge in [0.2, 0.25) is 0 Å². The molecule has 1 heterocycles. The number of rotatable bonds is 6. The topological polar surface area (TPSA) is 71.9 Å². The summed E-state index contributed by atoms with van der Waals surface area (Å²) in [5, 5.41) is 8.86. The molecule has 0 aliphatic heterocycles. The summed E-state index contributed by atoms with van der Waals surface area (Å²) in [4.78, 5) is 4.14. The minimum absolute atomic E-state index is 0.273. The van der Waals surface area contributed by atoms with Gasteiger partial charge in [-0.15, -0.1) is 0 Å². The third kappa shape index (κ3) is 4.83. The zero-order valence-electron chi connectivity index (χ0n) is 10.4. The SMILES string of the molecule is CC(C)(C#N)CCCOc1ccc(CN)nc1. The fourth-order valence-corrected chi connectivity index (χ4v) is 1.38. The van der Waals surface area contributed by atoms with Crippen LogP contribution in [0.4, 0.5) is 0 Å². The molecule has 4 heteroatoms. The quantitative estimate of drug-likeness (QED) is 0.765.